The van der Waals surface area contributed by atoms with Crippen molar-refractivity contribution in [1.82, 2.24) is 15.6 Å². The molecule has 5 heteroatoms. The number of hydrogen-bond donors (Lipinski definition) is 2. The highest BCUT2D eigenvalue weighted by atomic mass is 127. The van der Waals surface area contributed by atoms with E-state index >= 15 is 0 Å². The average molecular weight is 388 g/mol. The van der Waals surface area contributed by atoms with Crippen molar-refractivity contribution in [2.24, 2.45) is 10.9 Å². The molecule has 0 spiro atoms. The average Bonchev–Trinajstić information content (AvgIpc) is 3.07. The zero-order valence-corrected chi connectivity index (χ0v) is 14.8. The zero-order valence-electron chi connectivity index (χ0n) is 12.5. The number of aliphatic imine (C=N–C) groups is 1. The van der Waals surface area contributed by atoms with Gasteiger partial charge < -0.3 is 10.6 Å². The molecule has 2 atom stereocenters. The molecule has 1 aromatic rings. The molecule has 1 saturated carbocycles. The van der Waals surface area contributed by atoms with Gasteiger partial charge in [0.25, 0.3) is 0 Å². The van der Waals surface area contributed by atoms with Gasteiger partial charge in [0.2, 0.25) is 0 Å². The summed E-state index contributed by atoms with van der Waals surface area (Å²) in [5, 5.41) is 6.77. The molecular formula is C15H25IN4. The van der Waals surface area contributed by atoms with Crippen molar-refractivity contribution in [2.75, 3.05) is 13.1 Å². The van der Waals surface area contributed by atoms with Gasteiger partial charge in [0.15, 0.2) is 5.96 Å². The highest BCUT2D eigenvalue weighted by molar-refractivity contribution is 14.0. The van der Waals surface area contributed by atoms with E-state index < -0.39 is 0 Å². The maximum Gasteiger partial charge on any atom is 0.191 e. The van der Waals surface area contributed by atoms with Crippen LogP contribution in [0.1, 0.15) is 31.4 Å². The van der Waals surface area contributed by atoms with E-state index in [2.05, 4.69) is 47.4 Å². The first-order chi connectivity index (χ1) is 9.20. The van der Waals surface area contributed by atoms with Crippen LogP contribution >= 0.6 is 24.0 Å². The van der Waals surface area contributed by atoms with Gasteiger partial charge in [-0.2, -0.15) is 0 Å². The van der Waals surface area contributed by atoms with Gasteiger partial charge in [-0.25, -0.2) is 0 Å². The Hall–Kier alpha value is -0.850. The van der Waals surface area contributed by atoms with Crippen molar-refractivity contribution >= 4 is 29.9 Å². The van der Waals surface area contributed by atoms with Crippen LogP contribution < -0.4 is 10.6 Å². The molecule has 0 saturated heterocycles. The van der Waals surface area contributed by atoms with Gasteiger partial charge >= 0.3 is 0 Å². The summed E-state index contributed by atoms with van der Waals surface area (Å²) < 4.78 is 0. The van der Waals surface area contributed by atoms with E-state index in [1.165, 1.54) is 17.5 Å². The van der Waals surface area contributed by atoms with E-state index in [4.69, 9.17) is 0 Å². The topological polar surface area (TPSA) is 49.3 Å². The normalized spacial score (nSPS) is 21.1. The van der Waals surface area contributed by atoms with E-state index in [-0.39, 0.29) is 24.0 Å². The Morgan fingerprint density at radius 3 is 2.85 bits per heavy atom. The standard InChI is InChI=1S/C15H24N4.HI/c1-4-17-15(19-14-9-11(14)2)18-8-6-13-5-7-16-10-12(13)3;/h5,7,10-11,14H,4,6,8-9H2,1-3H3,(H2,17,18,19);1H. The van der Waals surface area contributed by atoms with Crippen molar-refractivity contribution < 1.29 is 0 Å². The number of aryl methyl sites for hydroxylation is 1. The Labute approximate surface area is 138 Å². The number of aromatic nitrogens is 1. The molecule has 4 nitrogen and oxygen atoms in total. The predicted octanol–water partition coefficient (Wildman–Crippen LogP) is 2.51. The zero-order chi connectivity index (χ0) is 13.7. The van der Waals surface area contributed by atoms with Crippen LogP contribution in [0.5, 0.6) is 0 Å². The molecule has 2 N–H and O–H groups in total. The molecule has 1 aliphatic rings. The molecule has 0 aliphatic heterocycles. The van der Waals surface area contributed by atoms with Crippen molar-refractivity contribution in [2.45, 2.75) is 39.7 Å². The fourth-order valence-electron chi connectivity index (χ4n) is 2.09. The van der Waals surface area contributed by atoms with E-state index in [0.717, 1.165) is 31.4 Å². The highest BCUT2D eigenvalue weighted by Crippen LogP contribution is 2.28. The van der Waals surface area contributed by atoms with Gasteiger partial charge in [-0.3, -0.25) is 9.98 Å². The lowest BCUT2D eigenvalue weighted by molar-refractivity contribution is 0.764. The Balaban J connectivity index is 0.00000200. The summed E-state index contributed by atoms with van der Waals surface area (Å²) in [6.45, 7) is 8.17. The molecule has 112 valence electrons. The Bertz CT molecular complexity index is 447. The smallest absolute Gasteiger partial charge is 0.191 e. The maximum atomic E-state index is 4.64. The van der Waals surface area contributed by atoms with Crippen LogP contribution in [0.3, 0.4) is 0 Å². The van der Waals surface area contributed by atoms with Crippen molar-refractivity contribution in [3.63, 3.8) is 0 Å². The molecule has 1 aliphatic carbocycles. The largest absolute Gasteiger partial charge is 0.357 e. The third-order valence-electron chi connectivity index (χ3n) is 3.56. The quantitative estimate of drug-likeness (QED) is 0.463. The van der Waals surface area contributed by atoms with E-state index in [9.17, 15) is 0 Å². The lowest BCUT2D eigenvalue weighted by atomic mass is 10.1. The first-order valence-corrected chi connectivity index (χ1v) is 7.15. The van der Waals surface area contributed by atoms with Gasteiger partial charge in [0.05, 0.1) is 0 Å². The van der Waals surface area contributed by atoms with E-state index in [0.29, 0.717) is 6.04 Å². The molecule has 1 heterocycles. The van der Waals surface area contributed by atoms with Crippen LogP contribution in [-0.2, 0) is 6.42 Å². The first-order valence-electron chi connectivity index (χ1n) is 7.15. The van der Waals surface area contributed by atoms with Crippen molar-refractivity contribution in [3.8, 4) is 0 Å². The number of guanidine groups is 1. The predicted molar refractivity (Wildman–Crippen MR) is 94.8 cm³/mol. The Morgan fingerprint density at radius 1 is 1.50 bits per heavy atom. The van der Waals surface area contributed by atoms with E-state index in [1.807, 2.05) is 12.4 Å². The molecule has 2 unspecified atom stereocenters. The molecule has 1 aromatic heterocycles. The summed E-state index contributed by atoms with van der Waals surface area (Å²) in [6.07, 6.45) is 5.98. The SMILES string of the molecule is CCNC(=NCCc1ccncc1C)NC1CC1C.I. The number of nitrogens with one attached hydrogen (secondary N) is 2. The molecule has 0 amide bonds. The summed E-state index contributed by atoms with van der Waals surface area (Å²) in [5.41, 5.74) is 2.57. The summed E-state index contributed by atoms with van der Waals surface area (Å²) in [4.78, 5) is 8.75. The Kier molecular flexibility index (Phi) is 7.26. The fraction of sp³-hybridized carbons (Fsp3) is 0.600. The van der Waals surface area contributed by atoms with Gasteiger partial charge in [0, 0.05) is 31.5 Å². The molecule has 0 aromatic carbocycles. The van der Waals surface area contributed by atoms with Crippen LogP contribution in [0, 0.1) is 12.8 Å². The summed E-state index contributed by atoms with van der Waals surface area (Å²) in [7, 11) is 0. The summed E-state index contributed by atoms with van der Waals surface area (Å²) >= 11 is 0. The molecule has 0 radical (unpaired) electrons. The number of hydrogen-bond acceptors (Lipinski definition) is 2. The van der Waals surface area contributed by atoms with Crippen LogP contribution in [0.4, 0.5) is 0 Å². The van der Waals surface area contributed by atoms with Crippen LogP contribution in [0.25, 0.3) is 0 Å². The third kappa shape index (κ3) is 5.26. The summed E-state index contributed by atoms with van der Waals surface area (Å²) in [6, 6.07) is 2.69. The second kappa shape index (κ2) is 8.44. The van der Waals surface area contributed by atoms with Crippen LogP contribution in [0.2, 0.25) is 0 Å². The molecule has 0 bridgehead atoms. The monoisotopic (exact) mass is 388 g/mol. The minimum Gasteiger partial charge on any atom is -0.357 e. The number of halogens is 1. The van der Waals surface area contributed by atoms with Gasteiger partial charge in [-0.15, -0.1) is 24.0 Å². The second-order valence-corrected chi connectivity index (χ2v) is 5.28. The maximum absolute atomic E-state index is 4.64. The highest BCUT2D eigenvalue weighted by Gasteiger charge is 2.33. The van der Waals surface area contributed by atoms with Crippen LogP contribution in [0.15, 0.2) is 23.5 Å². The molecular weight excluding hydrogens is 363 g/mol. The van der Waals surface area contributed by atoms with Crippen molar-refractivity contribution in [3.05, 3.63) is 29.6 Å². The fourth-order valence-corrected chi connectivity index (χ4v) is 2.09. The molecule has 20 heavy (non-hydrogen) atoms. The van der Waals surface area contributed by atoms with E-state index in [1.54, 1.807) is 0 Å². The minimum absolute atomic E-state index is 0. The van der Waals surface area contributed by atoms with Gasteiger partial charge in [0.1, 0.15) is 0 Å². The minimum atomic E-state index is 0. The lowest BCUT2D eigenvalue weighted by Gasteiger charge is -2.11. The van der Waals surface area contributed by atoms with Crippen LogP contribution in [-0.4, -0.2) is 30.1 Å². The van der Waals surface area contributed by atoms with Gasteiger partial charge in [-0.1, -0.05) is 6.92 Å². The first kappa shape index (κ1) is 17.2. The number of pyridine rings is 1. The summed E-state index contributed by atoms with van der Waals surface area (Å²) in [5.74, 6) is 1.73. The molecule has 2 rings (SSSR count). The molecule has 1 fully saturated rings. The van der Waals surface area contributed by atoms with Crippen molar-refractivity contribution in [1.29, 1.82) is 0 Å². The number of rotatable bonds is 5. The number of nitrogens with zero attached hydrogens (tertiary/aromatic N) is 2. The third-order valence-corrected chi connectivity index (χ3v) is 3.56. The second-order valence-electron chi connectivity index (χ2n) is 5.28. The lowest BCUT2D eigenvalue weighted by Crippen LogP contribution is -2.39. The Morgan fingerprint density at radius 2 is 2.25 bits per heavy atom. The van der Waals surface area contributed by atoms with Gasteiger partial charge in [-0.05, 0) is 49.8 Å².